The van der Waals surface area contributed by atoms with Crippen molar-refractivity contribution < 1.29 is 22.8 Å². The van der Waals surface area contributed by atoms with E-state index in [0.717, 1.165) is 12.1 Å². The summed E-state index contributed by atoms with van der Waals surface area (Å²) in [6.45, 7) is 0.914. The second kappa shape index (κ2) is 7.77. The summed E-state index contributed by atoms with van der Waals surface area (Å²) in [5, 5.41) is 0.313. The highest BCUT2D eigenvalue weighted by molar-refractivity contribution is 9.09. The molecule has 0 unspecified atom stereocenters. The minimum absolute atomic E-state index is 0.0392. The standard InChI is InChI=1S/C16H15BrF3NO2/c17-9-14(22)11-3-5-21(6-4-11)15(23)2-1-10-7-12(18)16(20)13(19)8-10/h1-2,7-8,11H,3-6,9H2/b2-1+. The van der Waals surface area contributed by atoms with Crippen molar-refractivity contribution in [1.29, 1.82) is 0 Å². The van der Waals surface area contributed by atoms with Crippen molar-refractivity contribution in [2.45, 2.75) is 12.8 Å². The van der Waals surface area contributed by atoms with Crippen molar-refractivity contribution in [3.63, 3.8) is 0 Å². The molecule has 0 saturated carbocycles. The largest absolute Gasteiger partial charge is 0.339 e. The van der Waals surface area contributed by atoms with E-state index < -0.39 is 17.5 Å². The van der Waals surface area contributed by atoms with Gasteiger partial charge >= 0.3 is 0 Å². The van der Waals surface area contributed by atoms with Gasteiger partial charge < -0.3 is 4.90 Å². The van der Waals surface area contributed by atoms with E-state index in [4.69, 9.17) is 0 Å². The summed E-state index contributed by atoms with van der Waals surface area (Å²) in [5.74, 6) is -4.35. The summed E-state index contributed by atoms with van der Waals surface area (Å²) in [7, 11) is 0. The lowest BCUT2D eigenvalue weighted by molar-refractivity contribution is -0.130. The van der Waals surface area contributed by atoms with Crippen molar-refractivity contribution in [3.8, 4) is 0 Å². The number of carbonyl (C=O) groups excluding carboxylic acids is 2. The van der Waals surface area contributed by atoms with Gasteiger partial charge in [-0.25, -0.2) is 13.2 Å². The minimum Gasteiger partial charge on any atom is -0.339 e. The van der Waals surface area contributed by atoms with Crippen molar-refractivity contribution >= 4 is 33.7 Å². The first kappa shape index (κ1) is 17.7. The first-order chi connectivity index (χ1) is 10.9. The predicted molar refractivity (Wildman–Crippen MR) is 83.5 cm³/mol. The molecule has 0 atom stereocenters. The van der Waals surface area contributed by atoms with Gasteiger partial charge in [-0.15, -0.1) is 0 Å². The van der Waals surface area contributed by atoms with Crippen LogP contribution < -0.4 is 0 Å². The van der Waals surface area contributed by atoms with E-state index >= 15 is 0 Å². The molecule has 23 heavy (non-hydrogen) atoms. The van der Waals surface area contributed by atoms with E-state index in [-0.39, 0.29) is 23.2 Å². The summed E-state index contributed by atoms with van der Waals surface area (Å²) in [5.41, 5.74) is 0.0686. The van der Waals surface area contributed by atoms with Gasteiger partial charge in [0.15, 0.2) is 17.5 Å². The van der Waals surface area contributed by atoms with Crippen LogP contribution in [0.5, 0.6) is 0 Å². The van der Waals surface area contributed by atoms with Crippen LogP contribution in [0.4, 0.5) is 13.2 Å². The predicted octanol–water partition coefficient (Wildman–Crippen LogP) is 3.32. The molecule has 7 heteroatoms. The molecule has 0 radical (unpaired) electrons. The second-order valence-corrected chi connectivity index (χ2v) is 5.89. The van der Waals surface area contributed by atoms with Gasteiger partial charge in [-0.1, -0.05) is 15.9 Å². The number of ketones is 1. The summed E-state index contributed by atoms with van der Waals surface area (Å²) in [6.07, 6.45) is 3.63. The molecule has 0 aromatic heterocycles. The molecule has 1 aromatic carbocycles. The Morgan fingerprint density at radius 2 is 1.74 bits per heavy atom. The number of amides is 1. The SMILES string of the molecule is O=C(CBr)C1CCN(C(=O)/C=C/c2cc(F)c(F)c(F)c2)CC1. The maximum absolute atomic E-state index is 13.1. The molecule has 1 fully saturated rings. The lowest BCUT2D eigenvalue weighted by atomic mass is 9.93. The molecule has 0 N–H and O–H groups in total. The fourth-order valence-electron chi connectivity index (χ4n) is 2.48. The van der Waals surface area contributed by atoms with Gasteiger partial charge in [0, 0.05) is 25.1 Å². The fraction of sp³-hybridized carbons (Fsp3) is 0.375. The number of benzene rings is 1. The number of Topliss-reactive ketones (excluding diaryl/α,β-unsaturated/α-hetero) is 1. The number of rotatable bonds is 4. The number of alkyl halides is 1. The Morgan fingerprint density at radius 1 is 1.17 bits per heavy atom. The topological polar surface area (TPSA) is 37.4 Å². The third-order valence-corrected chi connectivity index (χ3v) is 4.37. The van der Waals surface area contributed by atoms with E-state index in [1.54, 1.807) is 4.90 Å². The molecule has 0 spiro atoms. The third kappa shape index (κ3) is 4.43. The number of carbonyl (C=O) groups is 2. The number of halogens is 4. The van der Waals surface area contributed by atoms with Gasteiger partial charge in [-0.05, 0) is 36.6 Å². The maximum Gasteiger partial charge on any atom is 0.246 e. The first-order valence-corrected chi connectivity index (χ1v) is 8.24. The lowest BCUT2D eigenvalue weighted by Crippen LogP contribution is -2.39. The average Bonchev–Trinajstić information content (AvgIpc) is 2.56. The van der Waals surface area contributed by atoms with E-state index in [1.807, 2.05) is 0 Å². The number of hydrogen-bond donors (Lipinski definition) is 0. The Balaban J connectivity index is 1.96. The number of likely N-dealkylation sites (tertiary alicyclic amines) is 1. The first-order valence-electron chi connectivity index (χ1n) is 7.12. The maximum atomic E-state index is 13.1. The quantitative estimate of drug-likeness (QED) is 0.450. The van der Waals surface area contributed by atoms with Gasteiger partial charge in [0.05, 0.1) is 5.33 Å². The van der Waals surface area contributed by atoms with Crippen LogP contribution in [0.2, 0.25) is 0 Å². The zero-order chi connectivity index (χ0) is 17.0. The van der Waals surface area contributed by atoms with Crippen molar-refractivity contribution in [2.75, 3.05) is 18.4 Å². The summed E-state index contributed by atoms with van der Waals surface area (Å²) < 4.78 is 39.0. The van der Waals surface area contributed by atoms with Crippen LogP contribution in [0.25, 0.3) is 6.08 Å². The Kier molecular flexibility index (Phi) is 5.98. The van der Waals surface area contributed by atoms with Crippen LogP contribution in [0.15, 0.2) is 18.2 Å². The Hall–Kier alpha value is -1.63. The second-order valence-electron chi connectivity index (χ2n) is 5.33. The molecule has 1 aliphatic heterocycles. The summed E-state index contributed by atoms with van der Waals surface area (Å²) in [4.78, 5) is 25.2. The van der Waals surface area contributed by atoms with E-state index in [2.05, 4.69) is 15.9 Å². The van der Waals surface area contributed by atoms with Gasteiger partial charge in [0.25, 0.3) is 0 Å². The van der Waals surface area contributed by atoms with Gasteiger partial charge in [-0.3, -0.25) is 9.59 Å². The molecule has 1 heterocycles. The molecule has 0 aliphatic carbocycles. The smallest absolute Gasteiger partial charge is 0.246 e. The summed E-state index contributed by atoms with van der Waals surface area (Å²) in [6, 6.07) is 1.65. The zero-order valence-corrected chi connectivity index (χ0v) is 13.8. The number of hydrogen-bond acceptors (Lipinski definition) is 2. The van der Waals surface area contributed by atoms with E-state index in [1.165, 1.54) is 12.2 Å². The highest BCUT2D eigenvalue weighted by Gasteiger charge is 2.25. The van der Waals surface area contributed by atoms with E-state index in [9.17, 15) is 22.8 Å². The molecule has 1 aromatic rings. The van der Waals surface area contributed by atoms with Crippen LogP contribution in [0.3, 0.4) is 0 Å². The molecule has 2 rings (SSSR count). The molecule has 3 nitrogen and oxygen atoms in total. The molecule has 1 amide bonds. The van der Waals surface area contributed by atoms with Crippen molar-refractivity contribution in [3.05, 3.63) is 41.2 Å². The highest BCUT2D eigenvalue weighted by atomic mass is 79.9. The van der Waals surface area contributed by atoms with E-state index in [0.29, 0.717) is 31.3 Å². The summed E-state index contributed by atoms with van der Waals surface area (Å²) >= 11 is 3.13. The zero-order valence-electron chi connectivity index (χ0n) is 12.2. The van der Waals surface area contributed by atoms with Crippen LogP contribution in [-0.2, 0) is 9.59 Å². The molecule has 0 bridgehead atoms. The molecule has 1 aliphatic rings. The molecule has 124 valence electrons. The Morgan fingerprint density at radius 3 is 2.26 bits per heavy atom. The van der Waals surface area contributed by atoms with Crippen molar-refractivity contribution in [2.24, 2.45) is 5.92 Å². The lowest BCUT2D eigenvalue weighted by Gasteiger charge is -2.30. The van der Waals surface area contributed by atoms with Gasteiger partial charge in [0.2, 0.25) is 5.91 Å². The van der Waals surface area contributed by atoms with Crippen LogP contribution in [-0.4, -0.2) is 35.0 Å². The van der Waals surface area contributed by atoms with Gasteiger partial charge in [-0.2, -0.15) is 0 Å². The Labute approximate surface area is 140 Å². The molecular formula is C16H15BrF3NO2. The monoisotopic (exact) mass is 389 g/mol. The van der Waals surface area contributed by atoms with Gasteiger partial charge in [0.1, 0.15) is 5.78 Å². The number of nitrogens with zero attached hydrogens (tertiary/aromatic N) is 1. The Bertz CT molecular complexity index is 617. The number of piperidine rings is 1. The fourth-order valence-corrected chi connectivity index (χ4v) is 2.93. The van der Waals surface area contributed by atoms with Crippen LogP contribution in [0.1, 0.15) is 18.4 Å². The van der Waals surface area contributed by atoms with Crippen LogP contribution >= 0.6 is 15.9 Å². The minimum atomic E-state index is -1.54. The normalized spacial score (nSPS) is 16.1. The molecule has 1 saturated heterocycles. The molecular weight excluding hydrogens is 375 g/mol. The van der Waals surface area contributed by atoms with Crippen LogP contribution in [0, 0.1) is 23.4 Å². The average molecular weight is 390 g/mol. The third-order valence-electron chi connectivity index (χ3n) is 3.82. The highest BCUT2D eigenvalue weighted by Crippen LogP contribution is 2.20. The van der Waals surface area contributed by atoms with Crippen molar-refractivity contribution in [1.82, 2.24) is 4.90 Å².